The number of carbonyl (C=O) groups is 1. The largest absolute Gasteiger partial charge is 0.493 e. The van der Waals surface area contributed by atoms with Crippen LogP contribution < -0.4 is 14.2 Å². The first kappa shape index (κ1) is 18.4. The van der Waals surface area contributed by atoms with Crippen LogP contribution in [0.1, 0.15) is 10.4 Å². The van der Waals surface area contributed by atoms with Gasteiger partial charge in [-0.1, -0.05) is 32.9 Å². The van der Waals surface area contributed by atoms with Crippen molar-refractivity contribution in [2.45, 2.75) is 0 Å². The number of carbonyl (C=O) groups excluding carboxylic acids is 1. The normalized spacial score (nSPS) is 13.8. The zero-order chi connectivity index (χ0) is 17.5. The first-order valence-corrected chi connectivity index (χ1v) is 9.40. The van der Waals surface area contributed by atoms with E-state index < -0.39 is 0 Å². The molecule has 0 radical (unpaired) electrons. The highest BCUT2D eigenvalue weighted by Gasteiger charge is 2.15. The van der Waals surface area contributed by atoms with Gasteiger partial charge in [-0.15, -0.1) is 0 Å². The molecule has 128 valence electrons. The average Bonchev–Trinajstić information content (AvgIpc) is 2.65. The van der Waals surface area contributed by atoms with E-state index in [0.717, 1.165) is 9.27 Å². The topological polar surface area (TPSA) is 54.0 Å². The fraction of sp³-hybridized carbons (Fsp3) is 0.222. The molecule has 1 aliphatic rings. The van der Waals surface area contributed by atoms with Crippen LogP contribution >= 0.6 is 20.7 Å². The van der Waals surface area contributed by atoms with Crippen molar-refractivity contribution in [2.75, 3.05) is 28.4 Å². The van der Waals surface area contributed by atoms with E-state index >= 15 is 0 Å². The molecule has 2 rings (SSSR count). The molecular formula is C18H19IO5. The van der Waals surface area contributed by atoms with Gasteiger partial charge in [0.05, 0.1) is 21.3 Å². The highest BCUT2D eigenvalue weighted by atomic mass is 127. The molecule has 0 aromatic heterocycles. The molecule has 6 heteroatoms. The molecule has 0 saturated carbocycles. The number of ether oxygens (including phenoxy) is 4. The van der Waals surface area contributed by atoms with Gasteiger partial charge in [0.1, 0.15) is 3.69 Å². The fourth-order valence-electron chi connectivity index (χ4n) is 2.05. The molecule has 1 aromatic rings. The molecule has 1 aromatic carbocycles. The van der Waals surface area contributed by atoms with Crippen LogP contribution in [0, 0.1) is 0 Å². The van der Waals surface area contributed by atoms with Gasteiger partial charge in [-0.25, -0.2) is 0 Å². The summed E-state index contributed by atoms with van der Waals surface area (Å²) in [4.78, 5) is 12.4. The summed E-state index contributed by atoms with van der Waals surface area (Å²) < 4.78 is 24.1. The number of hydrogen-bond acceptors (Lipinski definition) is 5. The van der Waals surface area contributed by atoms with Crippen molar-refractivity contribution in [3.8, 4) is 17.2 Å². The second kappa shape index (κ2) is 8.79. The van der Waals surface area contributed by atoms with Gasteiger partial charge in [-0.05, 0) is 33.9 Å². The van der Waals surface area contributed by atoms with Gasteiger partial charge in [-0.2, -0.15) is 0 Å². The zero-order valence-electron chi connectivity index (χ0n) is 14.0. The third-order valence-electron chi connectivity index (χ3n) is 3.27. The van der Waals surface area contributed by atoms with Gasteiger partial charge in [0, 0.05) is 12.7 Å². The minimum Gasteiger partial charge on any atom is -0.493 e. The van der Waals surface area contributed by atoms with Crippen molar-refractivity contribution in [1.29, 1.82) is 0 Å². The molecule has 0 saturated heterocycles. The predicted molar refractivity (Wildman–Crippen MR) is 103 cm³/mol. The first-order valence-electron chi connectivity index (χ1n) is 7.08. The Hall–Kier alpha value is -1.93. The van der Waals surface area contributed by atoms with Crippen molar-refractivity contribution < 1.29 is 23.7 Å². The Morgan fingerprint density at radius 3 is 2.08 bits per heavy atom. The van der Waals surface area contributed by atoms with E-state index in [1.807, 2.05) is 12.2 Å². The lowest BCUT2D eigenvalue weighted by Crippen LogP contribution is -2.00. The van der Waals surface area contributed by atoms with Crippen molar-refractivity contribution >= 4 is 30.2 Å². The first-order chi connectivity index (χ1) is 11.6. The van der Waals surface area contributed by atoms with Crippen LogP contribution in [0.15, 0.2) is 46.1 Å². The van der Waals surface area contributed by atoms with Crippen molar-refractivity contribution in [2.24, 2.45) is 0 Å². The Balaban J connectivity index is 2.24. The second-order valence-corrected chi connectivity index (χ2v) is 6.98. The van der Waals surface area contributed by atoms with E-state index in [0.29, 0.717) is 22.8 Å². The quantitative estimate of drug-likeness (QED) is 0.367. The maximum atomic E-state index is 12.4. The van der Waals surface area contributed by atoms with Crippen LogP contribution in [-0.4, -0.2) is 37.9 Å². The molecule has 0 spiro atoms. The summed E-state index contributed by atoms with van der Waals surface area (Å²) in [6.45, 7) is 0. The maximum absolute atomic E-state index is 12.4. The number of halogens is 1. The van der Waals surface area contributed by atoms with Crippen molar-refractivity contribution in [1.82, 2.24) is 0 Å². The average molecular weight is 442 g/mol. The summed E-state index contributed by atoms with van der Waals surface area (Å²) >= 11 is -0.275. The monoisotopic (exact) mass is 442 g/mol. The van der Waals surface area contributed by atoms with Crippen molar-refractivity contribution in [3.63, 3.8) is 0 Å². The Morgan fingerprint density at radius 1 is 0.958 bits per heavy atom. The molecule has 0 fully saturated rings. The SMILES string of the molecule is COC1=IC=C(/C=C/C(=O)c2cc(OC)c(OC)c(OC)c2)C=C1. The summed E-state index contributed by atoms with van der Waals surface area (Å²) in [5, 5.41) is 0. The van der Waals surface area contributed by atoms with Gasteiger partial charge >= 0.3 is 0 Å². The molecule has 0 bridgehead atoms. The minimum absolute atomic E-state index is 0.136. The van der Waals surface area contributed by atoms with E-state index in [4.69, 9.17) is 18.9 Å². The second-order valence-electron chi connectivity index (χ2n) is 4.67. The Kier molecular flexibility index (Phi) is 6.74. The maximum Gasteiger partial charge on any atom is 0.203 e. The number of ketones is 1. The Morgan fingerprint density at radius 2 is 1.62 bits per heavy atom. The molecule has 24 heavy (non-hydrogen) atoms. The van der Waals surface area contributed by atoms with Crippen LogP contribution in [0.3, 0.4) is 0 Å². The summed E-state index contributed by atoms with van der Waals surface area (Å²) in [7, 11) is 6.24. The molecule has 1 heterocycles. The lowest BCUT2D eigenvalue weighted by atomic mass is 10.1. The molecule has 0 unspecified atom stereocenters. The molecule has 5 nitrogen and oxygen atoms in total. The van der Waals surface area contributed by atoms with E-state index in [1.165, 1.54) is 21.3 Å². The number of rotatable bonds is 7. The third kappa shape index (κ3) is 4.33. The number of benzene rings is 1. The third-order valence-corrected chi connectivity index (χ3v) is 5.71. The predicted octanol–water partition coefficient (Wildman–Crippen LogP) is 3.65. The highest BCUT2D eigenvalue weighted by molar-refractivity contribution is 14.2. The smallest absolute Gasteiger partial charge is 0.203 e. The van der Waals surface area contributed by atoms with Gasteiger partial charge in [0.25, 0.3) is 0 Å². The van der Waals surface area contributed by atoms with E-state index in [1.54, 1.807) is 31.4 Å². The van der Waals surface area contributed by atoms with Crippen LogP contribution in [0.4, 0.5) is 0 Å². The molecule has 0 aliphatic carbocycles. The van der Waals surface area contributed by atoms with Gasteiger partial charge in [-0.3, -0.25) is 4.79 Å². The van der Waals surface area contributed by atoms with Gasteiger partial charge in [0.2, 0.25) is 5.75 Å². The van der Waals surface area contributed by atoms with Crippen LogP contribution in [0.2, 0.25) is 0 Å². The summed E-state index contributed by atoms with van der Waals surface area (Å²) in [6, 6.07) is 3.28. The Bertz CT molecular complexity index is 719. The minimum atomic E-state index is -0.275. The molecule has 0 atom stereocenters. The molecule has 1 aliphatic heterocycles. The van der Waals surface area contributed by atoms with E-state index in [2.05, 4.69) is 4.08 Å². The summed E-state index contributed by atoms with van der Waals surface area (Å²) in [5.41, 5.74) is 1.48. The number of allylic oxidation sites excluding steroid dienone is 4. The molecular weight excluding hydrogens is 423 g/mol. The van der Waals surface area contributed by atoms with Crippen LogP contribution in [0.25, 0.3) is 0 Å². The van der Waals surface area contributed by atoms with Crippen LogP contribution in [0.5, 0.6) is 17.2 Å². The zero-order valence-corrected chi connectivity index (χ0v) is 16.1. The lowest BCUT2D eigenvalue weighted by molar-refractivity contribution is 0.104. The fourth-order valence-corrected chi connectivity index (χ4v) is 3.77. The molecule has 0 amide bonds. The van der Waals surface area contributed by atoms with E-state index in [9.17, 15) is 4.79 Å². The lowest BCUT2D eigenvalue weighted by Gasteiger charge is -2.13. The van der Waals surface area contributed by atoms with E-state index in [-0.39, 0.29) is 26.5 Å². The van der Waals surface area contributed by atoms with Gasteiger partial charge in [0.15, 0.2) is 17.3 Å². The van der Waals surface area contributed by atoms with Crippen LogP contribution in [-0.2, 0) is 4.74 Å². The number of methoxy groups -OCH3 is 4. The van der Waals surface area contributed by atoms with Crippen molar-refractivity contribution in [3.05, 3.63) is 51.7 Å². The summed E-state index contributed by atoms with van der Waals surface area (Å²) in [6.07, 6.45) is 7.21. The summed E-state index contributed by atoms with van der Waals surface area (Å²) in [5.74, 6) is 1.24. The number of hydrogen-bond donors (Lipinski definition) is 0. The Labute approximate surface area is 151 Å². The highest BCUT2D eigenvalue weighted by Crippen LogP contribution is 2.38. The van der Waals surface area contributed by atoms with Gasteiger partial charge < -0.3 is 18.9 Å². The molecule has 0 N–H and O–H groups in total. The standard InChI is InChI=1S/C18H19IO5/c1-21-15-9-13(10-16(22-2)18(15)24-4)14(20)7-5-12-6-8-17(23-3)19-11-12/h5-11H,1-4H3/b7-5+.